The molecule has 1 N–H and O–H groups in total. The zero-order chi connectivity index (χ0) is 9.52. The van der Waals surface area contributed by atoms with Crippen LogP contribution in [-0.4, -0.2) is 26.3 Å². The molecule has 1 atom stereocenters. The van der Waals surface area contributed by atoms with Crippen LogP contribution in [0.1, 0.15) is 11.8 Å². The van der Waals surface area contributed by atoms with E-state index >= 15 is 0 Å². The maximum atomic E-state index is 5.15. The number of nitrogens with one attached hydrogen (secondary N) is 1. The van der Waals surface area contributed by atoms with E-state index in [9.17, 15) is 0 Å². The second-order valence-electron chi connectivity index (χ2n) is 2.99. The molecule has 1 rings (SSSR count). The highest BCUT2D eigenvalue weighted by Crippen LogP contribution is 2.11. The van der Waals surface area contributed by atoms with Crippen LogP contribution in [0.3, 0.4) is 0 Å². The third-order valence-electron chi connectivity index (χ3n) is 1.89. The van der Waals surface area contributed by atoms with Gasteiger partial charge < -0.3 is 10.1 Å². The number of ether oxygens (including phenoxy) is 1. The van der Waals surface area contributed by atoms with Crippen molar-refractivity contribution in [2.45, 2.75) is 19.4 Å². The second kappa shape index (κ2) is 6.13. The van der Waals surface area contributed by atoms with Crippen LogP contribution in [0.4, 0.5) is 0 Å². The lowest BCUT2D eigenvalue weighted by Gasteiger charge is -2.15. The van der Waals surface area contributed by atoms with Crippen molar-refractivity contribution in [2.75, 3.05) is 20.3 Å². The fraction of sp³-hybridized carbons (Fsp3) is 0.600. The van der Waals surface area contributed by atoms with E-state index in [0.717, 1.165) is 19.6 Å². The standard InChI is InChI=1S/C10H17NOS/c1-3-11-9(8-12-2)7-10-5-4-6-13-10/h4-6,9,11H,3,7-8H2,1-2H3. The van der Waals surface area contributed by atoms with Gasteiger partial charge in [-0.1, -0.05) is 13.0 Å². The molecular formula is C10H17NOS. The van der Waals surface area contributed by atoms with E-state index in [4.69, 9.17) is 4.74 Å². The number of thiophene rings is 1. The largest absolute Gasteiger partial charge is 0.383 e. The van der Waals surface area contributed by atoms with Crippen LogP contribution in [0.15, 0.2) is 17.5 Å². The van der Waals surface area contributed by atoms with Gasteiger partial charge in [-0.25, -0.2) is 0 Å². The molecule has 0 aromatic carbocycles. The summed E-state index contributed by atoms with van der Waals surface area (Å²) >= 11 is 1.81. The predicted octanol–water partition coefficient (Wildman–Crippen LogP) is 1.92. The first-order valence-corrected chi connectivity index (χ1v) is 5.49. The zero-order valence-electron chi connectivity index (χ0n) is 8.25. The van der Waals surface area contributed by atoms with E-state index in [-0.39, 0.29) is 0 Å². The Kier molecular flexibility index (Phi) is 5.05. The van der Waals surface area contributed by atoms with Gasteiger partial charge in [0.15, 0.2) is 0 Å². The number of hydrogen-bond acceptors (Lipinski definition) is 3. The van der Waals surface area contributed by atoms with Gasteiger partial charge in [-0.05, 0) is 24.4 Å². The molecule has 3 heteroatoms. The normalized spacial score (nSPS) is 13.1. The van der Waals surface area contributed by atoms with Crippen LogP contribution in [0.5, 0.6) is 0 Å². The van der Waals surface area contributed by atoms with Crippen LogP contribution in [0.2, 0.25) is 0 Å². The summed E-state index contributed by atoms with van der Waals surface area (Å²) < 4.78 is 5.15. The Labute approximate surface area is 83.9 Å². The molecule has 0 amide bonds. The Morgan fingerprint density at radius 1 is 1.62 bits per heavy atom. The summed E-state index contributed by atoms with van der Waals surface area (Å²) in [5, 5.41) is 5.52. The quantitative estimate of drug-likeness (QED) is 0.755. The van der Waals surface area contributed by atoms with Crippen molar-refractivity contribution in [3.8, 4) is 0 Å². The minimum atomic E-state index is 0.452. The Balaban J connectivity index is 2.37. The van der Waals surface area contributed by atoms with Crippen LogP contribution in [0, 0.1) is 0 Å². The summed E-state index contributed by atoms with van der Waals surface area (Å²) in [7, 11) is 1.75. The van der Waals surface area contributed by atoms with E-state index in [0.29, 0.717) is 6.04 Å². The van der Waals surface area contributed by atoms with Gasteiger partial charge in [-0.15, -0.1) is 11.3 Å². The van der Waals surface area contributed by atoms with Crippen molar-refractivity contribution in [1.82, 2.24) is 5.32 Å². The zero-order valence-corrected chi connectivity index (χ0v) is 9.06. The molecule has 0 bridgehead atoms. The molecule has 13 heavy (non-hydrogen) atoms. The van der Waals surface area contributed by atoms with Crippen molar-refractivity contribution in [3.05, 3.63) is 22.4 Å². The monoisotopic (exact) mass is 199 g/mol. The fourth-order valence-electron chi connectivity index (χ4n) is 1.35. The fourth-order valence-corrected chi connectivity index (χ4v) is 2.14. The van der Waals surface area contributed by atoms with Crippen molar-refractivity contribution in [2.24, 2.45) is 0 Å². The minimum Gasteiger partial charge on any atom is -0.383 e. The van der Waals surface area contributed by atoms with Gasteiger partial charge in [0.25, 0.3) is 0 Å². The van der Waals surface area contributed by atoms with Crippen molar-refractivity contribution >= 4 is 11.3 Å². The van der Waals surface area contributed by atoms with E-state index in [1.54, 1.807) is 7.11 Å². The first-order valence-electron chi connectivity index (χ1n) is 4.61. The first-order chi connectivity index (χ1) is 6.36. The van der Waals surface area contributed by atoms with E-state index in [1.807, 2.05) is 11.3 Å². The number of methoxy groups -OCH3 is 1. The molecule has 0 radical (unpaired) electrons. The SMILES string of the molecule is CCNC(COC)Cc1cccs1. The van der Waals surface area contributed by atoms with Crippen molar-refractivity contribution < 1.29 is 4.74 Å². The highest BCUT2D eigenvalue weighted by Gasteiger charge is 2.07. The molecule has 0 saturated carbocycles. The third-order valence-corrected chi connectivity index (χ3v) is 2.79. The molecule has 0 fully saturated rings. The van der Waals surface area contributed by atoms with Gasteiger partial charge >= 0.3 is 0 Å². The molecule has 2 nitrogen and oxygen atoms in total. The smallest absolute Gasteiger partial charge is 0.0619 e. The van der Waals surface area contributed by atoms with Gasteiger partial charge in [-0.2, -0.15) is 0 Å². The highest BCUT2D eigenvalue weighted by atomic mass is 32.1. The molecule has 1 unspecified atom stereocenters. The van der Waals surface area contributed by atoms with E-state index in [1.165, 1.54) is 4.88 Å². The maximum absolute atomic E-state index is 5.15. The minimum absolute atomic E-state index is 0.452. The Morgan fingerprint density at radius 3 is 3.00 bits per heavy atom. The first kappa shape index (κ1) is 10.7. The van der Waals surface area contributed by atoms with Crippen LogP contribution >= 0.6 is 11.3 Å². The Morgan fingerprint density at radius 2 is 2.46 bits per heavy atom. The summed E-state index contributed by atoms with van der Waals surface area (Å²) in [6, 6.07) is 4.72. The van der Waals surface area contributed by atoms with Crippen molar-refractivity contribution in [1.29, 1.82) is 0 Å². The molecule has 74 valence electrons. The number of likely N-dealkylation sites (N-methyl/N-ethyl adjacent to an activating group) is 1. The molecule has 1 aromatic rings. The molecule has 0 aliphatic heterocycles. The van der Waals surface area contributed by atoms with Crippen LogP contribution in [-0.2, 0) is 11.2 Å². The van der Waals surface area contributed by atoms with Crippen molar-refractivity contribution in [3.63, 3.8) is 0 Å². The lowest BCUT2D eigenvalue weighted by Crippen LogP contribution is -2.34. The average Bonchev–Trinajstić information content (AvgIpc) is 2.58. The molecular weight excluding hydrogens is 182 g/mol. The van der Waals surface area contributed by atoms with Gasteiger partial charge in [0.2, 0.25) is 0 Å². The van der Waals surface area contributed by atoms with Gasteiger partial charge in [-0.3, -0.25) is 0 Å². The Hall–Kier alpha value is -0.380. The second-order valence-corrected chi connectivity index (χ2v) is 4.03. The molecule has 1 aromatic heterocycles. The summed E-state index contributed by atoms with van der Waals surface area (Å²) in [6.07, 6.45) is 1.07. The molecule has 0 aliphatic rings. The summed E-state index contributed by atoms with van der Waals surface area (Å²) in [5.41, 5.74) is 0. The Bertz CT molecular complexity index is 205. The van der Waals surface area contributed by atoms with E-state index in [2.05, 4.69) is 29.8 Å². The molecule has 0 saturated heterocycles. The summed E-state index contributed by atoms with van der Waals surface area (Å²) in [6.45, 7) is 3.90. The van der Waals surface area contributed by atoms with Gasteiger partial charge in [0.1, 0.15) is 0 Å². The highest BCUT2D eigenvalue weighted by molar-refractivity contribution is 7.09. The third kappa shape index (κ3) is 3.89. The lowest BCUT2D eigenvalue weighted by molar-refractivity contribution is 0.167. The van der Waals surface area contributed by atoms with Crippen LogP contribution < -0.4 is 5.32 Å². The molecule has 0 aliphatic carbocycles. The maximum Gasteiger partial charge on any atom is 0.0619 e. The van der Waals surface area contributed by atoms with E-state index < -0.39 is 0 Å². The van der Waals surface area contributed by atoms with Gasteiger partial charge in [0.05, 0.1) is 6.61 Å². The lowest BCUT2D eigenvalue weighted by atomic mass is 10.2. The molecule has 1 heterocycles. The number of rotatable bonds is 6. The summed E-state index contributed by atoms with van der Waals surface area (Å²) in [4.78, 5) is 1.42. The average molecular weight is 199 g/mol. The van der Waals surface area contributed by atoms with Crippen LogP contribution in [0.25, 0.3) is 0 Å². The van der Waals surface area contributed by atoms with Gasteiger partial charge in [0, 0.05) is 18.0 Å². The molecule has 0 spiro atoms. The predicted molar refractivity (Wildman–Crippen MR) is 57.4 cm³/mol. The summed E-state index contributed by atoms with van der Waals surface area (Å²) in [5.74, 6) is 0. The number of hydrogen-bond donors (Lipinski definition) is 1. The topological polar surface area (TPSA) is 21.3 Å².